The highest BCUT2D eigenvalue weighted by Gasteiger charge is 2.19. The molecule has 10 heteroatoms. The highest BCUT2D eigenvalue weighted by molar-refractivity contribution is 7.98. The Balaban J connectivity index is 2.14. The summed E-state index contributed by atoms with van der Waals surface area (Å²) in [6, 6.07) is 1.38. The van der Waals surface area contributed by atoms with E-state index in [9.17, 15) is 14.4 Å². The number of amides is 1. The Morgan fingerprint density at radius 1 is 1.35 bits per heavy atom. The molecule has 26 heavy (non-hydrogen) atoms. The van der Waals surface area contributed by atoms with Crippen LogP contribution in [0.25, 0.3) is 0 Å². The molecular weight excluding hydrogens is 376 g/mol. The van der Waals surface area contributed by atoms with Gasteiger partial charge in [-0.2, -0.15) is 0 Å². The van der Waals surface area contributed by atoms with E-state index >= 15 is 0 Å². The smallest absolute Gasteiger partial charge is 0.350 e. The maximum Gasteiger partial charge on any atom is 0.350 e. The number of aromatic nitrogens is 3. The highest BCUT2D eigenvalue weighted by atomic mass is 32.2. The summed E-state index contributed by atoms with van der Waals surface area (Å²) in [5, 5.41) is 3.36. The molecule has 0 aliphatic rings. The van der Waals surface area contributed by atoms with Crippen LogP contribution in [0.1, 0.15) is 34.9 Å². The molecule has 1 N–H and O–H groups in total. The van der Waals surface area contributed by atoms with Crippen LogP contribution in [0.3, 0.4) is 0 Å². The molecule has 2 rings (SSSR count). The largest absolute Gasteiger partial charge is 0.459 e. The van der Waals surface area contributed by atoms with Gasteiger partial charge in [0.25, 0.3) is 5.56 Å². The molecule has 0 aromatic carbocycles. The number of ether oxygens (including phenoxy) is 1. The maximum atomic E-state index is 12.3. The van der Waals surface area contributed by atoms with E-state index in [1.54, 1.807) is 34.0 Å². The van der Waals surface area contributed by atoms with Gasteiger partial charge in [0.1, 0.15) is 11.4 Å². The zero-order valence-corrected chi connectivity index (χ0v) is 16.8. The predicted octanol–water partition coefficient (Wildman–Crippen LogP) is 2.24. The summed E-state index contributed by atoms with van der Waals surface area (Å²) in [5.74, 6) is -0.898. The third-order valence-electron chi connectivity index (χ3n) is 3.16. The van der Waals surface area contributed by atoms with Gasteiger partial charge in [-0.25, -0.2) is 14.8 Å². The van der Waals surface area contributed by atoms with Crippen LogP contribution in [0.15, 0.2) is 16.0 Å². The number of hydrogen-bond acceptors (Lipinski definition) is 8. The second-order valence-corrected chi connectivity index (χ2v) is 7.52. The summed E-state index contributed by atoms with van der Waals surface area (Å²) < 4.78 is 6.44. The Morgan fingerprint density at radius 3 is 2.65 bits per heavy atom. The van der Waals surface area contributed by atoms with Crippen LogP contribution < -0.4 is 10.9 Å². The first-order valence-corrected chi connectivity index (χ1v) is 9.86. The van der Waals surface area contributed by atoms with Crippen LogP contribution in [0.4, 0.5) is 5.13 Å². The van der Waals surface area contributed by atoms with Crippen molar-refractivity contribution >= 4 is 40.1 Å². The van der Waals surface area contributed by atoms with Gasteiger partial charge < -0.3 is 10.1 Å². The van der Waals surface area contributed by atoms with Gasteiger partial charge in [-0.1, -0.05) is 23.1 Å². The van der Waals surface area contributed by atoms with Crippen molar-refractivity contribution in [1.29, 1.82) is 0 Å². The van der Waals surface area contributed by atoms with E-state index in [1.807, 2.05) is 0 Å². The molecule has 0 aliphatic carbocycles. The third-order valence-corrected chi connectivity index (χ3v) is 4.89. The van der Waals surface area contributed by atoms with Crippen LogP contribution in [-0.4, -0.2) is 38.8 Å². The Bertz CT molecular complexity index is 889. The number of nitrogens with zero attached hydrogens (tertiary/aromatic N) is 3. The maximum absolute atomic E-state index is 12.3. The zero-order valence-electron chi connectivity index (χ0n) is 15.2. The Kier molecular flexibility index (Phi) is 6.54. The van der Waals surface area contributed by atoms with Crippen LogP contribution in [-0.2, 0) is 16.1 Å². The molecule has 0 bridgehead atoms. The Hall–Kier alpha value is -2.20. The summed E-state index contributed by atoms with van der Waals surface area (Å²) in [6.45, 7) is 6.72. The lowest BCUT2D eigenvalue weighted by atomic mass is 10.4. The monoisotopic (exact) mass is 396 g/mol. The number of carbonyl (C=O) groups is 2. The first-order valence-electron chi connectivity index (χ1n) is 7.82. The van der Waals surface area contributed by atoms with E-state index in [4.69, 9.17) is 4.74 Å². The summed E-state index contributed by atoms with van der Waals surface area (Å²) >= 11 is 2.33. The minimum Gasteiger partial charge on any atom is -0.459 e. The quantitative estimate of drug-likeness (QED) is 0.454. The normalized spacial score (nSPS) is 10.8. The van der Waals surface area contributed by atoms with Crippen molar-refractivity contribution in [2.24, 2.45) is 0 Å². The molecule has 0 atom stereocenters. The van der Waals surface area contributed by atoms with E-state index < -0.39 is 11.9 Å². The fourth-order valence-corrected chi connectivity index (χ4v) is 3.58. The van der Waals surface area contributed by atoms with Crippen LogP contribution in [0.2, 0.25) is 0 Å². The number of carbonyl (C=O) groups excluding carboxylic acids is 2. The molecule has 2 aromatic rings. The first-order chi connectivity index (χ1) is 12.2. The molecule has 2 aromatic heterocycles. The third kappa shape index (κ3) is 4.92. The minimum absolute atomic E-state index is 0.188. The molecular formula is C16H20N4O4S2. The number of aryl methyl sites for hydroxylation is 2. The Morgan fingerprint density at radius 2 is 2.04 bits per heavy atom. The van der Waals surface area contributed by atoms with Gasteiger partial charge in [0.15, 0.2) is 10.3 Å². The molecule has 2 heterocycles. The second kappa shape index (κ2) is 8.45. The lowest BCUT2D eigenvalue weighted by Gasteiger charge is -2.10. The van der Waals surface area contributed by atoms with Crippen molar-refractivity contribution in [2.45, 2.75) is 45.5 Å². The van der Waals surface area contributed by atoms with E-state index in [0.29, 0.717) is 21.4 Å². The van der Waals surface area contributed by atoms with E-state index in [1.165, 1.54) is 22.4 Å². The van der Waals surface area contributed by atoms with Crippen molar-refractivity contribution in [2.75, 3.05) is 11.6 Å². The molecule has 8 nitrogen and oxygen atoms in total. The van der Waals surface area contributed by atoms with Crippen molar-refractivity contribution in [3.8, 4) is 0 Å². The summed E-state index contributed by atoms with van der Waals surface area (Å²) in [6.07, 6.45) is 1.54. The van der Waals surface area contributed by atoms with Crippen LogP contribution in [0.5, 0.6) is 0 Å². The number of nitrogens with one attached hydrogen (secondary N) is 1. The van der Waals surface area contributed by atoms with E-state index in [-0.39, 0.29) is 23.3 Å². The molecule has 0 spiro atoms. The summed E-state index contributed by atoms with van der Waals surface area (Å²) in [4.78, 5) is 45.2. The first kappa shape index (κ1) is 20.1. The average Bonchev–Trinajstić information content (AvgIpc) is 2.89. The van der Waals surface area contributed by atoms with Crippen molar-refractivity contribution in [3.05, 3.63) is 32.7 Å². The molecule has 0 fully saturated rings. The van der Waals surface area contributed by atoms with Gasteiger partial charge in [-0.15, -0.1) is 0 Å². The van der Waals surface area contributed by atoms with Gasteiger partial charge in [0, 0.05) is 11.8 Å². The molecule has 0 aliphatic heterocycles. The molecule has 0 saturated heterocycles. The zero-order chi connectivity index (χ0) is 19.4. The van der Waals surface area contributed by atoms with Crippen LogP contribution >= 0.6 is 23.1 Å². The van der Waals surface area contributed by atoms with Crippen LogP contribution in [0, 0.1) is 13.8 Å². The second-order valence-electron chi connectivity index (χ2n) is 5.74. The fraction of sp³-hybridized carbons (Fsp3) is 0.438. The molecule has 1 amide bonds. The lowest BCUT2D eigenvalue weighted by Crippen LogP contribution is -2.29. The number of hydrogen-bond donors (Lipinski definition) is 1. The SMILES string of the molecule is CSc1nc(C)cc(=O)n1CC(=O)Nc1nc(C)c(C(=O)OC(C)C)s1. The summed E-state index contributed by atoms with van der Waals surface area (Å²) in [5.41, 5.74) is 0.781. The topological polar surface area (TPSA) is 103 Å². The van der Waals surface area contributed by atoms with Gasteiger partial charge in [-0.05, 0) is 34.0 Å². The highest BCUT2D eigenvalue weighted by Crippen LogP contribution is 2.24. The molecule has 0 unspecified atom stereocenters. The lowest BCUT2D eigenvalue weighted by molar-refractivity contribution is -0.116. The summed E-state index contributed by atoms with van der Waals surface area (Å²) in [7, 11) is 0. The van der Waals surface area contributed by atoms with Crippen molar-refractivity contribution < 1.29 is 14.3 Å². The minimum atomic E-state index is -0.473. The Labute approximate surface area is 159 Å². The standard InChI is InChI=1S/C16H20N4O4S2/c1-8(2)24-14(23)13-10(4)18-15(26-13)19-11(21)7-20-12(22)6-9(3)17-16(20)25-5/h6,8H,7H2,1-5H3,(H,18,19,21). The number of anilines is 1. The fourth-order valence-electron chi connectivity index (χ4n) is 2.11. The molecule has 140 valence electrons. The van der Waals surface area contributed by atoms with E-state index in [2.05, 4.69) is 15.3 Å². The number of esters is 1. The van der Waals surface area contributed by atoms with Crippen molar-refractivity contribution in [1.82, 2.24) is 14.5 Å². The van der Waals surface area contributed by atoms with Gasteiger partial charge >= 0.3 is 5.97 Å². The van der Waals surface area contributed by atoms with Gasteiger partial charge in [0.05, 0.1) is 11.8 Å². The number of rotatable bonds is 6. The number of thiazole rings is 1. The van der Waals surface area contributed by atoms with E-state index in [0.717, 1.165) is 11.3 Å². The van der Waals surface area contributed by atoms with Gasteiger partial charge in [0.2, 0.25) is 5.91 Å². The average molecular weight is 396 g/mol. The number of thioether (sulfide) groups is 1. The van der Waals surface area contributed by atoms with Crippen molar-refractivity contribution in [3.63, 3.8) is 0 Å². The predicted molar refractivity (Wildman–Crippen MR) is 101 cm³/mol. The molecule has 0 radical (unpaired) electrons. The van der Waals surface area contributed by atoms with Gasteiger partial charge in [-0.3, -0.25) is 14.2 Å². The molecule has 0 saturated carbocycles.